The Hall–Kier alpha value is -0.480. The molecular weight excluding hydrogens is 172 g/mol. The Balaban J connectivity index is 3.30. The van der Waals surface area contributed by atoms with E-state index in [-0.39, 0.29) is 6.10 Å². The van der Waals surface area contributed by atoms with Crippen molar-refractivity contribution in [3.63, 3.8) is 0 Å². The SMILES string of the molecule is [C]#CC(CCCC)OCCCCCC. The maximum Gasteiger partial charge on any atom is 0.119 e. The van der Waals surface area contributed by atoms with E-state index in [1.165, 1.54) is 19.3 Å². The fraction of sp³-hybridized carbons (Fsp3) is 0.846. The van der Waals surface area contributed by atoms with Gasteiger partial charge in [-0.05, 0) is 19.3 Å². The van der Waals surface area contributed by atoms with Gasteiger partial charge >= 0.3 is 0 Å². The van der Waals surface area contributed by atoms with Crippen molar-refractivity contribution in [3.05, 3.63) is 6.42 Å². The molecule has 0 fully saturated rings. The molecule has 0 aromatic heterocycles. The number of hydrogen-bond donors (Lipinski definition) is 0. The molecule has 0 rings (SSSR count). The van der Waals surface area contributed by atoms with Crippen molar-refractivity contribution in [2.45, 2.75) is 64.9 Å². The summed E-state index contributed by atoms with van der Waals surface area (Å²) in [6.07, 6.45) is 15.2. The summed E-state index contributed by atoms with van der Waals surface area (Å²) in [5, 5.41) is 0. The number of rotatable bonds is 9. The average Bonchev–Trinajstić information content (AvgIpc) is 2.22. The predicted molar refractivity (Wildman–Crippen MR) is 60.5 cm³/mol. The van der Waals surface area contributed by atoms with Crippen molar-refractivity contribution < 1.29 is 4.74 Å². The van der Waals surface area contributed by atoms with Crippen molar-refractivity contribution in [1.29, 1.82) is 0 Å². The second-order valence-corrected chi connectivity index (χ2v) is 3.71. The molecule has 0 aromatic rings. The van der Waals surface area contributed by atoms with Crippen LogP contribution in [-0.2, 0) is 4.74 Å². The van der Waals surface area contributed by atoms with Gasteiger partial charge in [0.15, 0.2) is 0 Å². The van der Waals surface area contributed by atoms with Gasteiger partial charge in [-0.15, -0.1) is 0 Å². The molecule has 0 N–H and O–H groups in total. The molecule has 1 radical (unpaired) electrons. The zero-order valence-corrected chi connectivity index (χ0v) is 9.64. The summed E-state index contributed by atoms with van der Waals surface area (Å²) in [6.45, 7) is 5.15. The Labute approximate surface area is 89.2 Å². The minimum atomic E-state index is -0.0587. The highest BCUT2D eigenvalue weighted by Crippen LogP contribution is 2.06. The maximum absolute atomic E-state index is 7.08. The van der Waals surface area contributed by atoms with E-state index in [9.17, 15) is 0 Å². The summed E-state index contributed by atoms with van der Waals surface area (Å²) >= 11 is 0. The normalized spacial score (nSPS) is 12.4. The fourth-order valence-corrected chi connectivity index (χ4v) is 1.34. The van der Waals surface area contributed by atoms with Crippen LogP contribution in [0.3, 0.4) is 0 Å². The van der Waals surface area contributed by atoms with Crippen molar-refractivity contribution in [2.24, 2.45) is 0 Å². The number of ether oxygens (including phenoxy) is 1. The summed E-state index contributed by atoms with van der Waals surface area (Å²) in [5.41, 5.74) is 0. The molecule has 1 atom stereocenters. The van der Waals surface area contributed by atoms with Crippen LogP contribution in [-0.4, -0.2) is 12.7 Å². The van der Waals surface area contributed by atoms with E-state index in [1.807, 2.05) is 0 Å². The maximum atomic E-state index is 7.08. The monoisotopic (exact) mass is 195 g/mol. The van der Waals surface area contributed by atoms with Gasteiger partial charge in [0.1, 0.15) is 6.10 Å². The van der Waals surface area contributed by atoms with E-state index in [4.69, 9.17) is 11.2 Å². The van der Waals surface area contributed by atoms with Crippen LogP contribution in [0.5, 0.6) is 0 Å². The van der Waals surface area contributed by atoms with Crippen LogP contribution in [0.4, 0.5) is 0 Å². The van der Waals surface area contributed by atoms with Crippen LogP contribution in [0, 0.1) is 12.3 Å². The van der Waals surface area contributed by atoms with E-state index in [1.54, 1.807) is 0 Å². The molecule has 0 amide bonds. The second-order valence-electron chi connectivity index (χ2n) is 3.71. The Bertz CT molecular complexity index is 146. The third kappa shape index (κ3) is 8.13. The fourth-order valence-electron chi connectivity index (χ4n) is 1.34. The molecule has 81 valence electrons. The van der Waals surface area contributed by atoms with E-state index in [0.717, 1.165) is 32.3 Å². The Morgan fingerprint density at radius 2 is 1.79 bits per heavy atom. The first-order valence-electron chi connectivity index (χ1n) is 5.89. The summed E-state index contributed by atoms with van der Waals surface area (Å²) in [4.78, 5) is 0. The topological polar surface area (TPSA) is 9.23 Å². The molecule has 0 aliphatic rings. The Morgan fingerprint density at radius 1 is 1.07 bits per heavy atom. The summed E-state index contributed by atoms with van der Waals surface area (Å²) in [6, 6.07) is 0. The Kier molecular flexibility index (Phi) is 10.2. The largest absolute Gasteiger partial charge is 0.365 e. The van der Waals surface area contributed by atoms with E-state index in [0.29, 0.717) is 0 Å². The molecule has 0 aromatic carbocycles. The standard InChI is InChI=1S/C13H23O/c1-4-7-9-10-12-14-13(6-3)11-8-5-2/h13H,4-5,7-12H2,1-2H3. The smallest absolute Gasteiger partial charge is 0.119 e. The molecular formula is C13H23O. The summed E-state index contributed by atoms with van der Waals surface area (Å²) < 4.78 is 5.54. The number of unbranched alkanes of at least 4 members (excludes halogenated alkanes) is 4. The highest BCUT2D eigenvalue weighted by molar-refractivity contribution is 4.88. The van der Waals surface area contributed by atoms with Gasteiger partial charge in [-0.3, -0.25) is 0 Å². The molecule has 0 bridgehead atoms. The van der Waals surface area contributed by atoms with Gasteiger partial charge in [0, 0.05) is 6.61 Å². The summed E-state index contributed by atoms with van der Waals surface area (Å²) in [5.74, 6) is 2.46. The zero-order valence-electron chi connectivity index (χ0n) is 9.64. The molecule has 0 spiro atoms. The molecule has 0 saturated carbocycles. The first-order valence-corrected chi connectivity index (χ1v) is 5.89. The van der Waals surface area contributed by atoms with E-state index >= 15 is 0 Å². The molecule has 0 aliphatic heterocycles. The zero-order chi connectivity index (χ0) is 10.6. The van der Waals surface area contributed by atoms with Crippen molar-refractivity contribution in [3.8, 4) is 5.92 Å². The average molecular weight is 195 g/mol. The predicted octanol–water partition coefficient (Wildman–Crippen LogP) is 3.73. The molecule has 0 aliphatic carbocycles. The van der Waals surface area contributed by atoms with Gasteiger partial charge < -0.3 is 4.74 Å². The second kappa shape index (κ2) is 10.6. The van der Waals surface area contributed by atoms with Gasteiger partial charge in [0.05, 0.1) is 0 Å². The highest BCUT2D eigenvalue weighted by atomic mass is 16.5. The lowest BCUT2D eigenvalue weighted by Gasteiger charge is -2.10. The van der Waals surface area contributed by atoms with Gasteiger partial charge in [0.25, 0.3) is 0 Å². The van der Waals surface area contributed by atoms with Crippen LogP contribution in [0.25, 0.3) is 0 Å². The third-order valence-corrected chi connectivity index (χ3v) is 2.30. The van der Waals surface area contributed by atoms with Crippen LogP contribution < -0.4 is 0 Å². The Morgan fingerprint density at radius 3 is 2.36 bits per heavy atom. The first-order chi connectivity index (χ1) is 6.85. The van der Waals surface area contributed by atoms with Crippen LogP contribution >= 0.6 is 0 Å². The van der Waals surface area contributed by atoms with Gasteiger partial charge in [-0.2, -0.15) is 0 Å². The third-order valence-electron chi connectivity index (χ3n) is 2.30. The van der Waals surface area contributed by atoms with Crippen LogP contribution in [0.1, 0.15) is 58.8 Å². The van der Waals surface area contributed by atoms with Crippen molar-refractivity contribution >= 4 is 0 Å². The summed E-state index contributed by atoms with van der Waals surface area (Å²) in [7, 11) is 0. The molecule has 1 nitrogen and oxygen atoms in total. The van der Waals surface area contributed by atoms with Gasteiger partial charge in [-0.1, -0.05) is 51.9 Å². The highest BCUT2D eigenvalue weighted by Gasteiger charge is 2.03. The minimum Gasteiger partial charge on any atom is -0.365 e. The van der Waals surface area contributed by atoms with Crippen molar-refractivity contribution in [2.75, 3.05) is 6.61 Å². The van der Waals surface area contributed by atoms with E-state index < -0.39 is 0 Å². The quantitative estimate of drug-likeness (QED) is 0.402. The lowest BCUT2D eigenvalue weighted by molar-refractivity contribution is 0.0809. The van der Waals surface area contributed by atoms with Gasteiger partial charge in [0.2, 0.25) is 0 Å². The lowest BCUT2D eigenvalue weighted by atomic mass is 10.1. The number of hydrogen-bond acceptors (Lipinski definition) is 1. The van der Waals surface area contributed by atoms with Gasteiger partial charge in [-0.25, -0.2) is 0 Å². The van der Waals surface area contributed by atoms with Crippen molar-refractivity contribution in [1.82, 2.24) is 0 Å². The molecule has 1 heteroatoms. The molecule has 1 unspecified atom stereocenters. The lowest BCUT2D eigenvalue weighted by Crippen LogP contribution is -2.11. The van der Waals surface area contributed by atoms with Crippen LogP contribution in [0.2, 0.25) is 0 Å². The minimum absolute atomic E-state index is 0.0587. The van der Waals surface area contributed by atoms with E-state index in [2.05, 4.69) is 19.8 Å². The first kappa shape index (κ1) is 13.5. The molecule has 14 heavy (non-hydrogen) atoms. The molecule has 0 saturated heterocycles. The molecule has 0 heterocycles. The van der Waals surface area contributed by atoms with Crippen LogP contribution in [0.15, 0.2) is 0 Å².